The number of sulfone groups is 1. The molecular weight excluding hydrogens is 258 g/mol. The number of aliphatic carboxylic acids is 1. The standard InChI is InChI=1S/C11H19NO5S/c1-4-12(7(2)6-18(3,16)17)10(13)8-5-9(8)11(14)15/h7-9H,4-6H2,1-3H3,(H,14,15). The van der Waals surface area contributed by atoms with Gasteiger partial charge in [0.05, 0.1) is 17.6 Å². The number of carbonyl (C=O) groups excluding carboxylic acids is 1. The molecule has 1 saturated carbocycles. The molecule has 1 amide bonds. The lowest BCUT2D eigenvalue weighted by atomic mass is 10.2. The number of carboxylic acids is 1. The van der Waals surface area contributed by atoms with Crippen molar-refractivity contribution in [1.29, 1.82) is 0 Å². The molecule has 1 aliphatic rings. The Hall–Kier alpha value is -1.11. The van der Waals surface area contributed by atoms with Gasteiger partial charge in [0.15, 0.2) is 0 Å². The molecular formula is C11H19NO5S. The summed E-state index contributed by atoms with van der Waals surface area (Å²) in [6.45, 7) is 3.81. The van der Waals surface area contributed by atoms with Gasteiger partial charge in [0.1, 0.15) is 9.84 Å². The number of rotatable bonds is 6. The summed E-state index contributed by atoms with van der Waals surface area (Å²) < 4.78 is 22.4. The third-order valence-electron chi connectivity index (χ3n) is 3.12. The van der Waals surface area contributed by atoms with Gasteiger partial charge in [0.2, 0.25) is 5.91 Å². The highest BCUT2D eigenvalue weighted by atomic mass is 32.2. The number of hydrogen-bond donors (Lipinski definition) is 1. The van der Waals surface area contributed by atoms with Crippen molar-refractivity contribution in [2.24, 2.45) is 11.8 Å². The van der Waals surface area contributed by atoms with Gasteiger partial charge in [0, 0.05) is 18.8 Å². The normalized spacial score (nSPS) is 24.4. The van der Waals surface area contributed by atoms with E-state index in [0.717, 1.165) is 6.26 Å². The zero-order valence-corrected chi connectivity index (χ0v) is 11.6. The van der Waals surface area contributed by atoms with Crippen LogP contribution in [0.1, 0.15) is 20.3 Å². The van der Waals surface area contributed by atoms with Crippen LogP contribution in [0.15, 0.2) is 0 Å². The van der Waals surface area contributed by atoms with Crippen molar-refractivity contribution in [3.8, 4) is 0 Å². The van der Waals surface area contributed by atoms with Gasteiger partial charge in [-0.05, 0) is 20.3 Å². The first-order valence-electron chi connectivity index (χ1n) is 5.88. The molecule has 1 aliphatic carbocycles. The van der Waals surface area contributed by atoms with Gasteiger partial charge >= 0.3 is 5.97 Å². The molecule has 0 bridgehead atoms. The Kier molecular flexibility index (Phi) is 4.37. The van der Waals surface area contributed by atoms with Crippen molar-refractivity contribution >= 4 is 21.7 Å². The molecule has 18 heavy (non-hydrogen) atoms. The molecule has 7 heteroatoms. The fourth-order valence-electron chi connectivity index (χ4n) is 2.17. The van der Waals surface area contributed by atoms with Crippen LogP contribution in [0.2, 0.25) is 0 Å². The van der Waals surface area contributed by atoms with Crippen LogP contribution in [0.4, 0.5) is 0 Å². The SMILES string of the molecule is CCN(C(=O)C1CC1C(=O)O)C(C)CS(C)(=O)=O. The molecule has 3 atom stereocenters. The second kappa shape index (κ2) is 5.26. The van der Waals surface area contributed by atoms with Gasteiger partial charge in [-0.25, -0.2) is 8.42 Å². The molecule has 0 aliphatic heterocycles. The number of hydrogen-bond acceptors (Lipinski definition) is 4. The molecule has 104 valence electrons. The first kappa shape index (κ1) is 14.9. The average molecular weight is 277 g/mol. The first-order chi connectivity index (χ1) is 8.17. The maximum Gasteiger partial charge on any atom is 0.307 e. The fourth-order valence-corrected chi connectivity index (χ4v) is 3.22. The lowest BCUT2D eigenvalue weighted by Gasteiger charge is -2.27. The third-order valence-corrected chi connectivity index (χ3v) is 4.21. The lowest BCUT2D eigenvalue weighted by molar-refractivity contribution is -0.142. The average Bonchev–Trinajstić information content (AvgIpc) is 2.94. The molecule has 0 aromatic heterocycles. The Labute approximate surface area is 107 Å². The molecule has 0 radical (unpaired) electrons. The van der Waals surface area contributed by atoms with Gasteiger partial charge in [-0.1, -0.05) is 0 Å². The molecule has 3 unspecified atom stereocenters. The Bertz CT molecular complexity index is 444. The summed E-state index contributed by atoms with van der Waals surface area (Å²) in [6, 6.07) is -0.424. The number of carbonyl (C=O) groups is 2. The van der Waals surface area contributed by atoms with Crippen LogP contribution >= 0.6 is 0 Å². The van der Waals surface area contributed by atoms with Gasteiger partial charge < -0.3 is 10.0 Å². The van der Waals surface area contributed by atoms with E-state index in [9.17, 15) is 18.0 Å². The Balaban J connectivity index is 2.67. The van der Waals surface area contributed by atoms with E-state index in [1.54, 1.807) is 13.8 Å². The van der Waals surface area contributed by atoms with Crippen molar-refractivity contribution in [3.05, 3.63) is 0 Å². The topological polar surface area (TPSA) is 91.8 Å². The Morgan fingerprint density at radius 2 is 1.94 bits per heavy atom. The summed E-state index contributed by atoms with van der Waals surface area (Å²) in [5.41, 5.74) is 0. The van der Waals surface area contributed by atoms with E-state index in [4.69, 9.17) is 5.11 Å². The second-order valence-electron chi connectivity index (χ2n) is 4.85. The maximum absolute atomic E-state index is 12.0. The summed E-state index contributed by atoms with van der Waals surface area (Å²) in [5, 5.41) is 8.79. The van der Waals surface area contributed by atoms with Gasteiger partial charge in [-0.15, -0.1) is 0 Å². The monoisotopic (exact) mass is 277 g/mol. The number of amides is 1. The van der Waals surface area contributed by atoms with Gasteiger partial charge in [-0.2, -0.15) is 0 Å². The highest BCUT2D eigenvalue weighted by Crippen LogP contribution is 2.40. The quantitative estimate of drug-likeness (QED) is 0.737. The summed E-state index contributed by atoms with van der Waals surface area (Å²) in [6.07, 6.45) is 1.48. The number of carboxylic acid groups (broad SMARTS) is 1. The third kappa shape index (κ3) is 3.69. The minimum Gasteiger partial charge on any atom is -0.481 e. The van der Waals surface area contributed by atoms with Crippen molar-refractivity contribution in [2.75, 3.05) is 18.6 Å². The molecule has 1 fully saturated rings. The smallest absolute Gasteiger partial charge is 0.307 e. The van der Waals surface area contributed by atoms with Crippen LogP contribution < -0.4 is 0 Å². The van der Waals surface area contributed by atoms with Crippen LogP contribution in [-0.2, 0) is 19.4 Å². The van der Waals surface area contributed by atoms with E-state index in [1.807, 2.05) is 0 Å². The van der Waals surface area contributed by atoms with E-state index in [-0.39, 0.29) is 11.7 Å². The Morgan fingerprint density at radius 3 is 2.28 bits per heavy atom. The minimum atomic E-state index is -3.16. The molecule has 0 saturated heterocycles. The molecule has 0 aromatic carbocycles. The molecule has 6 nitrogen and oxygen atoms in total. The van der Waals surface area contributed by atoms with Crippen LogP contribution in [0.25, 0.3) is 0 Å². The van der Waals surface area contributed by atoms with Gasteiger partial charge in [-0.3, -0.25) is 9.59 Å². The van der Waals surface area contributed by atoms with Crippen molar-refractivity contribution in [2.45, 2.75) is 26.3 Å². The zero-order valence-electron chi connectivity index (χ0n) is 10.8. The van der Waals surface area contributed by atoms with E-state index in [0.29, 0.717) is 13.0 Å². The first-order valence-corrected chi connectivity index (χ1v) is 7.94. The van der Waals surface area contributed by atoms with E-state index < -0.39 is 33.7 Å². The molecule has 1 N–H and O–H groups in total. The molecule has 0 spiro atoms. The van der Waals surface area contributed by atoms with E-state index >= 15 is 0 Å². The molecule has 0 aromatic rings. The van der Waals surface area contributed by atoms with Crippen LogP contribution in [0.3, 0.4) is 0 Å². The number of nitrogens with zero attached hydrogens (tertiary/aromatic N) is 1. The van der Waals surface area contributed by atoms with E-state index in [1.165, 1.54) is 4.90 Å². The molecule has 0 heterocycles. The molecule has 1 rings (SSSR count). The summed E-state index contributed by atoms with van der Waals surface area (Å²) >= 11 is 0. The van der Waals surface area contributed by atoms with Crippen molar-refractivity contribution in [3.63, 3.8) is 0 Å². The maximum atomic E-state index is 12.0. The summed E-state index contributed by atoms with van der Waals surface area (Å²) in [5.74, 6) is -2.39. The fraction of sp³-hybridized carbons (Fsp3) is 0.818. The minimum absolute atomic E-state index is 0.100. The van der Waals surface area contributed by atoms with E-state index in [2.05, 4.69) is 0 Å². The Morgan fingerprint density at radius 1 is 1.39 bits per heavy atom. The largest absolute Gasteiger partial charge is 0.481 e. The van der Waals surface area contributed by atoms with Gasteiger partial charge in [0.25, 0.3) is 0 Å². The lowest BCUT2D eigenvalue weighted by Crippen LogP contribution is -2.43. The van der Waals surface area contributed by atoms with Crippen LogP contribution in [0.5, 0.6) is 0 Å². The second-order valence-corrected chi connectivity index (χ2v) is 7.04. The zero-order chi connectivity index (χ0) is 14.1. The predicted molar refractivity (Wildman–Crippen MR) is 65.8 cm³/mol. The highest BCUT2D eigenvalue weighted by molar-refractivity contribution is 7.90. The van der Waals surface area contributed by atoms with Crippen molar-refractivity contribution in [1.82, 2.24) is 4.90 Å². The van der Waals surface area contributed by atoms with Crippen LogP contribution in [0, 0.1) is 11.8 Å². The predicted octanol–water partition coefficient (Wildman–Crippen LogP) is -0.0113. The highest BCUT2D eigenvalue weighted by Gasteiger charge is 2.50. The van der Waals surface area contributed by atoms with Crippen LogP contribution in [-0.4, -0.2) is 54.9 Å². The summed E-state index contributed by atoms with van der Waals surface area (Å²) in [4.78, 5) is 24.2. The summed E-state index contributed by atoms with van der Waals surface area (Å²) in [7, 11) is -3.16. The van der Waals surface area contributed by atoms with Crippen molar-refractivity contribution < 1.29 is 23.1 Å².